The molecule has 35 heavy (non-hydrogen) atoms. The van der Waals surface area contributed by atoms with Crippen LogP contribution in [0.4, 0.5) is 0 Å². The van der Waals surface area contributed by atoms with Crippen molar-refractivity contribution in [2.75, 3.05) is 7.11 Å². The summed E-state index contributed by atoms with van der Waals surface area (Å²) >= 11 is 5.50. The SMILES string of the molecule is COc1cc(C=Nn2c(C3CCCCC3)nc3ccc(Br)cc3c2=O)cc(I)c1O[C@H](C)C(=O)O. The lowest BCUT2D eigenvalue weighted by Crippen LogP contribution is -2.25. The summed E-state index contributed by atoms with van der Waals surface area (Å²) in [6, 6.07) is 9.00. The number of aromatic nitrogens is 2. The highest BCUT2D eigenvalue weighted by atomic mass is 127. The molecule has 1 N–H and O–H groups in total. The van der Waals surface area contributed by atoms with Crippen LogP contribution in [-0.2, 0) is 4.79 Å². The Morgan fingerprint density at radius 3 is 2.71 bits per heavy atom. The number of hydrogen-bond donors (Lipinski definition) is 1. The standard InChI is InChI=1S/C25H25BrIN3O5/c1-14(25(32)33)35-22-19(27)10-15(11-21(22)34-2)13-28-30-23(16-6-4-3-5-7-16)29-20-9-8-17(26)12-18(20)24(30)31/h8-14,16H,3-7H2,1-2H3,(H,32,33)/t14-/m1/s1. The van der Waals surface area contributed by atoms with E-state index in [9.17, 15) is 14.7 Å². The third kappa shape index (κ3) is 5.69. The average molecular weight is 654 g/mol. The van der Waals surface area contributed by atoms with E-state index in [1.165, 1.54) is 25.1 Å². The van der Waals surface area contributed by atoms with Gasteiger partial charge in [-0.3, -0.25) is 4.79 Å². The molecule has 2 aromatic carbocycles. The van der Waals surface area contributed by atoms with E-state index < -0.39 is 12.1 Å². The van der Waals surface area contributed by atoms with Crippen molar-refractivity contribution in [1.82, 2.24) is 9.66 Å². The van der Waals surface area contributed by atoms with Crippen LogP contribution in [0.2, 0.25) is 0 Å². The molecule has 0 saturated heterocycles. The number of aliphatic carboxylic acids is 1. The summed E-state index contributed by atoms with van der Waals surface area (Å²) in [7, 11) is 1.49. The van der Waals surface area contributed by atoms with Gasteiger partial charge in [0.15, 0.2) is 17.6 Å². The molecule has 1 aliphatic carbocycles. The van der Waals surface area contributed by atoms with Crippen LogP contribution in [0.1, 0.15) is 56.3 Å². The number of carbonyl (C=O) groups is 1. The smallest absolute Gasteiger partial charge is 0.344 e. The molecule has 0 bridgehead atoms. The maximum atomic E-state index is 13.5. The van der Waals surface area contributed by atoms with E-state index in [1.807, 2.05) is 12.1 Å². The summed E-state index contributed by atoms with van der Waals surface area (Å²) in [5.74, 6) is 0.505. The van der Waals surface area contributed by atoms with Gasteiger partial charge in [0.2, 0.25) is 0 Å². The number of hydrogen-bond acceptors (Lipinski definition) is 6. The molecule has 0 unspecified atom stereocenters. The molecule has 3 aromatic rings. The van der Waals surface area contributed by atoms with Crippen molar-refractivity contribution in [2.24, 2.45) is 5.10 Å². The number of carboxylic acid groups (broad SMARTS) is 1. The normalized spacial score (nSPS) is 15.4. The van der Waals surface area contributed by atoms with E-state index >= 15 is 0 Å². The van der Waals surface area contributed by atoms with Crippen LogP contribution in [0, 0.1) is 3.57 Å². The lowest BCUT2D eigenvalue weighted by atomic mass is 9.88. The molecule has 10 heteroatoms. The van der Waals surface area contributed by atoms with E-state index in [-0.39, 0.29) is 11.5 Å². The van der Waals surface area contributed by atoms with Crippen LogP contribution in [0.15, 0.2) is 44.7 Å². The molecule has 0 spiro atoms. The van der Waals surface area contributed by atoms with E-state index in [2.05, 4.69) is 43.6 Å². The first-order valence-electron chi connectivity index (χ1n) is 11.3. The topological polar surface area (TPSA) is 103 Å². The summed E-state index contributed by atoms with van der Waals surface area (Å²) in [5.41, 5.74) is 1.12. The minimum absolute atomic E-state index is 0.171. The second-order valence-electron chi connectivity index (χ2n) is 8.46. The summed E-state index contributed by atoms with van der Waals surface area (Å²) in [6.07, 6.45) is 5.91. The number of fused-ring (bicyclic) bond motifs is 1. The van der Waals surface area contributed by atoms with Gasteiger partial charge in [0.1, 0.15) is 5.82 Å². The van der Waals surface area contributed by atoms with Crippen molar-refractivity contribution in [3.63, 3.8) is 0 Å². The second-order valence-corrected chi connectivity index (χ2v) is 10.5. The summed E-state index contributed by atoms with van der Waals surface area (Å²) in [6.45, 7) is 1.46. The Balaban J connectivity index is 1.78. The fraction of sp³-hybridized carbons (Fsp3) is 0.360. The average Bonchev–Trinajstić information content (AvgIpc) is 2.85. The maximum absolute atomic E-state index is 13.5. The van der Waals surface area contributed by atoms with Gasteiger partial charge in [-0.05, 0) is 78.3 Å². The van der Waals surface area contributed by atoms with Crippen molar-refractivity contribution < 1.29 is 19.4 Å². The van der Waals surface area contributed by atoms with Gasteiger partial charge in [0.25, 0.3) is 5.56 Å². The van der Waals surface area contributed by atoms with Crippen LogP contribution in [0.5, 0.6) is 11.5 Å². The minimum atomic E-state index is -1.07. The zero-order chi connectivity index (χ0) is 25.1. The van der Waals surface area contributed by atoms with E-state index in [1.54, 1.807) is 24.4 Å². The molecule has 0 aliphatic heterocycles. The van der Waals surface area contributed by atoms with Gasteiger partial charge in [-0.25, -0.2) is 9.78 Å². The first-order valence-corrected chi connectivity index (χ1v) is 13.2. The zero-order valence-corrected chi connectivity index (χ0v) is 23.1. The number of methoxy groups -OCH3 is 1. The summed E-state index contributed by atoms with van der Waals surface area (Å²) in [4.78, 5) is 29.6. The molecule has 0 amide bonds. The largest absolute Gasteiger partial charge is 0.493 e. The Morgan fingerprint density at radius 1 is 1.29 bits per heavy atom. The van der Waals surface area contributed by atoms with Crippen LogP contribution in [-0.4, -0.2) is 40.2 Å². The van der Waals surface area contributed by atoms with Gasteiger partial charge >= 0.3 is 5.97 Å². The third-order valence-electron chi connectivity index (χ3n) is 6.02. The molecule has 1 aliphatic rings. The predicted octanol–water partition coefficient (Wildman–Crippen LogP) is 5.55. The highest BCUT2D eigenvalue weighted by Gasteiger charge is 2.23. The lowest BCUT2D eigenvalue weighted by Gasteiger charge is -2.22. The van der Waals surface area contributed by atoms with Crippen LogP contribution < -0.4 is 15.0 Å². The highest BCUT2D eigenvalue weighted by Crippen LogP contribution is 2.35. The molecule has 0 radical (unpaired) electrons. The molecule has 4 rings (SSSR count). The number of rotatable bonds is 7. The van der Waals surface area contributed by atoms with Crippen molar-refractivity contribution in [1.29, 1.82) is 0 Å². The summed E-state index contributed by atoms with van der Waals surface area (Å²) < 4.78 is 13.9. The van der Waals surface area contributed by atoms with Gasteiger partial charge in [0, 0.05) is 10.4 Å². The quantitative estimate of drug-likeness (QED) is 0.265. The van der Waals surface area contributed by atoms with Gasteiger partial charge < -0.3 is 14.6 Å². The Kier molecular flexibility index (Phi) is 8.10. The first kappa shape index (κ1) is 25.6. The first-order chi connectivity index (χ1) is 16.8. The molecule has 1 saturated carbocycles. The van der Waals surface area contributed by atoms with Gasteiger partial charge in [-0.15, -0.1) is 0 Å². The third-order valence-corrected chi connectivity index (χ3v) is 7.31. The highest BCUT2D eigenvalue weighted by molar-refractivity contribution is 14.1. The van der Waals surface area contributed by atoms with E-state index in [0.717, 1.165) is 30.2 Å². The molecular weight excluding hydrogens is 629 g/mol. The number of halogens is 2. The van der Waals surface area contributed by atoms with Gasteiger partial charge in [-0.2, -0.15) is 9.78 Å². The van der Waals surface area contributed by atoms with Crippen LogP contribution in [0.25, 0.3) is 10.9 Å². The fourth-order valence-corrected chi connectivity index (χ4v) is 5.30. The number of nitrogens with zero attached hydrogens (tertiary/aromatic N) is 3. The molecule has 1 atom stereocenters. The Labute approximate surface area is 224 Å². The number of carboxylic acids is 1. The van der Waals surface area contributed by atoms with Crippen molar-refractivity contribution >= 4 is 61.6 Å². The molecular formula is C25H25BrIN3O5. The van der Waals surface area contributed by atoms with Gasteiger partial charge in [0.05, 0.1) is 27.8 Å². The number of ether oxygens (including phenoxy) is 2. The van der Waals surface area contributed by atoms with E-state index in [4.69, 9.17) is 14.5 Å². The Morgan fingerprint density at radius 2 is 2.03 bits per heavy atom. The number of benzene rings is 2. The lowest BCUT2D eigenvalue weighted by molar-refractivity contribution is -0.144. The Hall–Kier alpha value is -2.47. The molecule has 1 aromatic heterocycles. The molecule has 1 fully saturated rings. The van der Waals surface area contributed by atoms with Crippen LogP contribution in [0.3, 0.4) is 0 Å². The molecule has 8 nitrogen and oxygen atoms in total. The van der Waals surface area contributed by atoms with Gasteiger partial charge in [-0.1, -0.05) is 35.2 Å². The monoisotopic (exact) mass is 653 g/mol. The van der Waals surface area contributed by atoms with Crippen LogP contribution >= 0.6 is 38.5 Å². The minimum Gasteiger partial charge on any atom is -0.493 e. The zero-order valence-electron chi connectivity index (χ0n) is 19.3. The van der Waals surface area contributed by atoms with Crippen molar-refractivity contribution in [2.45, 2.75) is 51.0 Å². The van der Waals surface area contributed by atoms with E-state index in [0.29, 0.717) is 37.4 Å². The predicted molar refractivity (Wildman–Crippen MR) is 146 cm³/mol. The molecule has 184 valence electrons. The molecule has 1 heterocycles. The summed E-state index contributed by atoms with van der Waals surface area (Å²) in [5, 5.41) is 14.3. The van der Waals surface area contributed by atoms with Crippen molar-refractivity contribution in [3.05, 3.63) is 60.1 Å². The maximum Gasteiger partial charge on any atom is 0.344 e. The Bertz CT molecular complexity index is 1350. The fourth-order valence-electron chi connectivity index (χ4n) is 4.18. The second kappa shape index (κ2) is 11.1. The van der Waals surface area contributed by atoms with Crippen molar-refractivity contribution in [3.8, 4) is 11.5 Å².